The Hall–Kier alpha value is -3.07. The van der Waals surface area contributed by atoms with Gasteiger partial charge in [-0.1, -0.05) is 73.4 Å². The lowest BCUT2D eigenvalue weighted by Gasteiger charge is -2.34. The summed E-state index contributed by atoms with van der Waals surface area (Å²) in [7, 11) is -4.14. The SMILES string of the molecule is CCCNC(=O)[C@H](CC)N(Cc1c(Cl)cccc1Cl)C(=O)CN(c1cc(C)ccc1C)S(=O)(=O)c1ccccc1. The van der Waals surface area contributed by atoms with Gasteiger partial charge >= 0.3 is 0 Å². The lowest BCUT2D eigenvalue weighted by atomic mass is 10.1. The van der Waals surface area contributed by atoms with E-state index in [2.05, 4.69) is 5.32 Å². The maximum atomic E-state index is 14.2. The molecule has 3 aromatic rings. The zero-order valence-electron chi connectivity index (χ0n) is 23.2. The Morgan fingerprint density at radius 3 is 2.17 bits per heavy atom. The van der Waals surface area contributed by atoms with E-state index in [4.69, 9.17) is 23.2 Å². The van der Waals surface area contributed by atoms with E-state index in [1.807, 2.05) is 26.0 Å². The third-order valence-corrected chi connectivity index (χ3v) is 9.05. The van der Waals surface area contributed by atoms with Crippen LogP contribution < -0.4 is 9.62 Å². The molecule has 3 rings (SSSR count). The Labute approximate surface area is 247 Å². The van der Waals surface area contributed by atoms with Gasteiger partial charge in [0.1, 0.15) is 12.6 Å². The molecule has 0 radical (unpaired) electrons. The van der Waals surface area contributed by atoms with Crippen molar-refractivity contribution in [2.45, 2.75) is 58.0 Å². The molecular weight excluding hydrogens is 569 g/mol. The first-order valence-corrected chi connectivity index (χ1v) is 15.4. The van der Waals surface area contributed by atoms with Crippen molar-refractivity contribution >= 4 is 50.7 Å². The zero-order valence-corrected chi connectivity index (χ0v) is 25.5. The fourth-order valence-corrected chi connectivity index (χ4v) is 6.37. The van der Waals surface area contributed by atoms with Gasteiger partial charge in [0.25, 0.3) is 10.0 Å². The van der Waals surface area contributed by atoms with Gasteiger partial charge in [-0.05, 0) is 68.1 Å². The van der Waals surface area contributed by atoms with Crippen LogP contribution in [0.25, 0.3) is 0 Å². The van der Waals surface area contributed by atoms with Crippen molar-refractivity contribution in [3.05, 3.63) is 93.5 Å². The van der Waals surface area contributed by atoms with E-state index in [1.54, 1.807) is 56.3 Å². The molecule has 0 heterocycles. The molecular formula is C30H35Cl2N3O4S. The van der Waals surface area contributed by atoms with Crippen LogP contribution in [0.1, 0.15) is 43.4 Å². The smallest absolute Gasteiger partial charge is 0.264 e. The lowest BCUT2D eigenvalue weighted by molar-refractivity contribution is -0.140. The van der Waals surface area contributed by atoms with E-state index < -0.39 is 28.5 Å². The lowest BCUT2D eigenvalue weighted by Crippen LogP contribution is -2.52. The first-order valence-electron chi connectivity index (χ1n) is 13.2. The third-order valence-electron chi connectivity index (χ3n) is 6.57. The van der Waals surface area contributed by atoms with E-state index in [-0.39, 0.29) is 17.3 Å². The standard InChI is InChI=1S/C30H35Cl2N3O4S/c1-5-17-33-30(37)27(6-2)34(19-24-25(31)13-10-14-26(24)32)29(36)20-35(28-18-21(3)15-16-22(28)4)40(38,39)23-11-8-7-9-12-23/h7-16,18,27H,5-6,17,19-20H2,1-4H3,(H,33,37)/t27-/m0/s1. The highest BCUT2D eigenvalue weighted by molar-refractivity contribution is 7.92. The molecule has 3 aromatic carbocycles. The molecule has 0 aliphatic carbocycles. The summed E-state index contributed by atoms with van der Waals surface area (Å²) >= 11 is 12.9. The number of aryl methyl sites for hydroxylation is 2. The minimum atomic E-state index is -4.14. The van der Waals surface area contributed by atoms with E-state index >= 15 is 0 Å². The summed E-state index contributed by atoms with van der Waals surface area (Å²) in [6, 6.07) is 17.6. The van der Waals surface area contributed by atoms with Crippen LogP contribution in [0.3, 0.4) is 0 Å². The number of carbonyl (C=O) groups is 2. The minimum absolute atomic E-state index is 0.0529. The summed E-state index contributed by atoms with van der Waals surface area (Å²) in [5, 5.41) is 3.55. The Balaban J connectivity index is 2.12. The largest absolute Gasteiger partial charge is 0.354 e. The summed E-state index contributed by atoms with van der Waals surface area (Å²) in [6.07, 6.45) is 1.03. The van der Waals surface area contributed by atoms with E-state index in [1.165, 1.54) is 17.0 Å². The Morgan fingerprint density at radius 2 is 1.57 bits per heavy atom. The van der Waals surface area contributed by atoms with Crippen molar-refractivity contribution in [2.24, 2.45) is 0 Å². The molecule has 0 aliphatic heterocycles. The second-order valence-corrected chi connectivity index (χ2v) is 12.2. The van der Waals surface area contributed by atoms with Crippen molar-refractivity contribution in [2.75, 3.05) is 17.4 Å². The van der Waals surface area contributed by atoms with Gasteiger partial charge in [0, 0.05) is 28.7 Å². The number of anilines is 1. The number of halogens is 2. The van der Waals surface area contributed by atoms with Crippen LogP contribution in [0, 0.1) is 13.8 Å². The molecule has 2 amide bonds. The van der Waals surface area contributed by atoms with E-state index in [9.17, 15) is 18.0 Å². The highest BCUT2D eigenvalue weighted by atomic mass is 35.5. The van der Waals surface area contributed by atoms with Crippen LogP contribution in [-0.4, -0.2) is 44.3 Å². The molecule has 0 fully saturated rings. The number of benzene rings is 3. The van der Waals surface area contributed by atoms with Gasteiger partial charge in [-0.3, -0.25) is 13.9 Å². The van der Waals surface area contributed by atoms with Crippen molar-refractivity contribution in [3.63, 3.8) is 0 Å². The molecule has 0 bridgehead atoms. The maximum absolute atomic E-state index is 14.2. The molecule has 0 aliphatic rings. The fraction of sp³-hybridized carbons (Fsp3) is 0.333. The predicted octanol–water partition coefficient (Wildman–Crippen LogP) is 6.14. The molecule has 1 atom stereocenters. The second kappa shape index (κ2) is 14.0. The second-order valence-electron chi connectivity index (χ2n) is 9.55. The number of hydrogen-bond acceptors (Lipinski definition) is 4. The van der Waals surface area contributed by atoms with E-state index in [0.717, 1.165) is 16.3 Å². The molecule has 0 spiro atoms. The molecule has 40 heavy (non-hydrogen) atoms. The predicted molar refractivity (Wildman–Crippen MR) is 161 cm³/mol. The quantitative estimate of drug-likeness (QED) is 0.269. The summed E-state index contributed by atoms with van der Waals surface area (Å²) in [6.45, 7) is 7.23. The molecule has 0 saturated carbocycles. The molecule has 0 aromatic heterocycles. The monoisotopic (exact) mass is 603 g/mol. The molecule has 10 heteroatoms. The summed E-state index contributed by atoms with van der Waals surface area (Å²) in [4.78, 5) is 28.8. The Morgan fingerprint density at radius 1 is 0.925 bits per heavy atom. The average Bonchev–Trinajstić information content (AvgIpc) is 2.93. The summed E-state index contributed by atoms with van der Waals surface area (Å²) < 4.78 is 29.1. The van der Waals surface area contributed by atoms with Gasteiger partial charge in [-0.25, -0.2) is 8.42 Å². The summed E-state index contributed by atoms with van der Waals surface area (Å²) in [5.41, 5.74) is 2.39. The average molecular weight is 605 g/mol. The van der Waals surface area contributed by atoms with Crippen molar-refractivity contribution in [1.82, 2.24) is 10.2 Å². The van der Waals surface area contributed by atoms with Gasteiger partial charge in [0.15, 0.2) is 0 Å². The molecule has 7 nitrogen and oxygen atoms in total. The number of hydrogen-bond donors (Lipinski definition) is 1. The number of nitrogens with zero attached hydrogens (tertiary/aromatic N) is 2. The van der Waals surface area contributed by atoms with Crippen LogP contribution in [0.5, 0.6) is 0 Å². The fourth-order valence-electron chi connectivity index (χ4n) is 4.36. The highest BCUT2D eigenvalue weighted by Gasteiger charge is 2.34. The van der Waals surface area contributed by atoms with Gasteiger partial charge in [-0.2, -0.15) is 0 Å². The summed E-state index contributed by atoms with van der Waals surface area (Å²) in [5.74, 6) is -0.889. The van der Waals surface area contributed by atoms with Gasteiger partial charge < -0.3 is 10.2 Å². The van der Waals surface area contributed by atoms with Crippen LogP contribution in [-0.2, 0) is 26.2 Å². The van der Waals surface area contributed by atoms with Gasteiger partial charge in [0.2, 0.25) is 11.8 Å². The van der Waals surface area contributed by atoms with Crippen molar-refractivity contribution in [3.8, 4) is 0 Å². The zero-order chi connectivity index (χ0) is 29.4. The van der Waals surface area contributed by atoms with Crippen LogP contribution >= 0.6 is 23.2 Å². The van der Waals surface area contributed by atoms with E-state index in [0.29, 0.717) is 39.8 Å². The van der Waals surface area contributed by atoms with Gasteiger partial charge in [-0.15, -0.1) is 0 Å². The first kappa shape index (κ1) is 31.5. The van der Waals surface area contributed by atoms with Crippen LogP contribution in [0.15, 0.2) is 71.6 Å². The maximum Gasteiger partial charge on any atom is 0.264 e. The topological polar surface area (TPSA) is 86.8 Å². The minimum Gasteiger partial charge on any atom is -0.354 e. The number of sulfonamides is 1. The Bertz CT molecular complexity index is 1430. The third kappa shape index (κ3) is 7.36. The van der Waals surface area contributed by atoms with Crippen molar-refractivity contribution < 1.29 is 18.0 Å². The molecule has 214 valence electrons. The number of rotatable bonds is 12. The first-order chi connectivity index (χ1) is 19.0. The number of amides is 2. The number of carbonyl (C=O) groups excluding carboxylic acids is 2. The Kier molecular flexibility index (Phi) is 11.0. The number of nitrogens with one attached hydrogen (secondary N) is 1. The normalized spacial score (nSPS) is 12.1. The van der Waals surface area contributed by atoms with Gasteiger partial charge in [0.05, 0.1) is 10.6 Å². The van der Waals surface area contributed by atoms with Crippen LogP contribution in [0.4, 0.5) is 5.69 Å². The molecule has 0 unspecified atom stereocenters. The van der Waals surface area contributed by atoms with Crippen molar-refractivity contribution in [1.29, 1.82) is 0 Å². The van der Waals surface area contributed by atoms with Crippen LogP contribution in [0.2, 0.25) is 10.0 Å². The molecule has 1 N–H and O–H groups in total. The molecule has 0 saturated heterocycles. The highest BCUT2D eigenvalue weighted by Crippen LogP contribution is 2.30.